The number of thiol groups is 1. The average Bonchev–Trinajstić information content (AvgIpc) is 3.37. The monoisotopic (exact) mass is 533 g/mol. The molecule has 9 N–H and O–H groups in total. The van der Waals surface area contributed by atoms with Crippen molar-refractivity contribution >= 4 is 42.2 Å². The molecular formula is C23H31N7O6S. The number of imidazole rings is 1. The second-order valence-corrected chi connectivity index (χ2v) is 8.65. The number of primary amides is 1. The molecule has 0 bridgehead atoms. The van der Waals surface area contributed by atoms with Crippen molar-refractivity contribution in [1.29, 1.82) is 0 Å². The molecule has 4 unspecified atom stereocenters. The van der Waals surface area contributed by atoms with E-state index >= 15 is 0 Å². The summed E-state index contributed by atoms with van der Waals surface area (Å²) in [5.41, 5.74) is 12.5. The summed E-state index contributed by atoms with van der Waals surface area (Å²) in [4.78, 5) is 67.7. The Morgan fingerprint density at radius 3 is 2.14 bits per heavy atom. The molecule has 0 saturated heterocycles. The van der Waals surface area contributed by atoms with Crippen LogP contribution in [0.4, 0.5) is 0 Å². The third kappa shape index (κ3) is 9.93. The molecule has 4 amide bonds. The fourth-order valence-corrected chi connectivity index (χ4v) is 3.60. The van der Waals surface area contributed by atoms with Crippen LogP contribution in [-0.2, 0) is 36.8 Å². The molecule has 2 aromatic rings. The second kappa shape index (κ2) is 14.6. The van der Waals surface area contributed by atoms with E-state index in [0.717, 1.165) is 5.56 Å². The van der Waals surface area contributed by atoms with E-state index in [9.17, 15) is 29.1 Å². The Bertz CT molecular complexity index is 1070. The first-order chi connectivity index (χ1) is 17.6. The second-order valence-electron chi connectivity index (χ2n) is 8.29. The van der Waals surface area contributed by atoms with Gasteiger partial charge in [-0.3, -0.25) is 19.2 Å². The molecule has 0 saturated carbocycles. The summed E-state index contributed by atoms with van der Waals surface area (Å²) in [5.74, 6) is -4.37. The highest BCUT2D eigenvalue weighted by atomic mass is 32.1. The molecular weight excluding hydrogens is 502 g/mol. The molecule has 1 heterocycles. The molecule has 13 nitrogen and oxygen atoms in total. The summed E-state index contributed by atoms with van der Waals surface area (Å²) in [6, 6.07) is 4.43. The van der Waals surface area contributed by atoms with Crippen LogP contribution in [-0.4, -0.2) is 74.6 Å². The zero-order valence-electron chi connectivity index (χ0n) is 19.9. The van der Waals surface area contributed by atoms with Crippen molar-refractivity contribution in [3.63, 3.8) is 0 Å². The largest absolute Gasteiger partial charge is 0.480 e. The number of carbonyl (C=O) groups is 5. The lowest BCUT2D eigenvalue weighted by Crippen LogP contribution is -2.58. The minimum Gasteiger partial charge on any atom is -0.480 e. The molecule has 0 fully saturated rings. The Morgan fingerprint density at radius 2 is 1.57 bits per heavy atom. The Kier molecular flexibility index (Phi) is 11.6. The molecule has 4 atom stereocenters. The maximum atomic E-state index is 13.1. The Morgan fingerprint density at radius 1 is 0.946 bits per heavy atom. The number of nitrogens with one attached hydrogen (secondary N) is 4. The Labute approximate surface area is 218 Å². The van der Waals surface area contributed by atoms with Gasteiger partial charge in [0, 0.05) is 30.5 Å². The number of aliphatic carboxylic acids is 1. The molecule has 1 aromatic heterocycles. The van der Waals surface area contributed by atoms with Gasteiger partial charge in [0.1, 0.15) is 18.1 Å². The van der Waals surface area contributed by atoms with E-state index in [1.165, 1.54) is 12.5 Å². The number of hydrogen-bond donors (Lipinski definition) is 8. The first kappa shape index (κ1) is 29.3. The summed E-state index contributed by atoms with van der Waals surface area (Å²) in [6.45, 7) is 0. The van der Waals surface area contributed by atoms with Gasteiger partial charge in [-0.15, -0.1) is 0 Å². The van der Waals surface area contributed by atoms with Gasteiger partial charge in [0.05, 0.1) is 12.4 Å². The van der Waals surface area contributed by atoms with E-state index < -0.39 is 53.8 Å². The number of aromatic amines is 1. The van der Waals surface area contributed by atoms with Crippen LogP contribution < -0.4 is 27.4 Å². The molecule has 0 radical (unpaired) electrons. The van der Waals surface area contributed by atoms with Crippen molar-refractivity contribution in [1.82, 2.24) is 25.9 Å². The quantitative estimate of drug-likeness (QED) is 0.122. The normalized spacial score (nSPS) is 14.0. The van der Waals surface area contributed by atoms with Gasteiger partial charge in [-0.2, -0.15) is 12.6 Å². The van der Waals surface area contributed by atoms with E-state index in [1.807, 2.05) is 30.3 Å². The van der Waals surface area contributed by atoms with Crippen molar-refractivity contribution in [3.8, 4) is 0 Å². The zero-order valence-corrected chi connectivity index (χ0v) is 20.8. The molecule has 200 valence electrons. The van der Waals surface area contributed by atoms with Crippen molar-refractivity contribution in [3.05, 3.63) is 54.1 Å². The van der Waals surface area contributed by atoms with Gasteiger partial charge in [0.25, 0.3) is 0 Å². The standard InChI is InChI=1S/C23H31N7O6S/c24-15(8-13-4-2-1-3-5-13)20(32)29-17(9-14-10-26-12-27-14)21(33)30-18(11-37)22(34)28-16(23(35)36)6-7-19(25)31/h1-5,10,12,15-18,37H,6-9,11,24H2,(H2,25,31)(H,26,27)(H,28,34)(H,29,32)(H,30,33)(H,35,36). The minimum absolute atomic E-state index is 0.0207. The molecule has 1 aromatic carbocycles. The predicted octanol–water partition coefficient (Wildman–Crippen LogP) is -1.74. The van der Waals surface area contributed by atoms with Crippen LogP contribution in [0.1, 0.15) is 24.1 Å². The first-order valence-electron chi connectivity index (χ1n) is 11.4. The predicted molar refractivity (Wildman–Crippen MR) is 136 cm³/mol. The van der Waals surface area contributed by atoms with Gasteiger partial charge in [0.2, 0.25) is 23.6 Å². The Balaban J connectivity index is 2.08. The molecule has 0 aliphatic heterocycles. The highest BCUT2D eigenvalue weighted by Crippen LogP contribution is 2.05. The summed E-state index contributed by atoms with van der Waals surface area (Å²) in [6.07, 6.45) is 2.68. The number of carboxylic acids is 1. The number of H-pyrrole nitrogens is 1. The van der Waals surface area contributed by atoms with Crippen LogP contribution in [0, 0.1) is 0 Å². The maximum absolute atomic E-state index is 13.1. The van der Waals surface area contributed by atoms with Crippen LogP contribution in [0.15, 0.2) is 42.9 Å². The van der Waals surface area contributed by atoms with Gasteiger partial charge in [-0.05, 0) is 18.4 Å². The van der Waals surface area contributed by atoms with Crippen molar-refractivity contribution in [2.75, 3.05) is 5.75 Å². The molecule has 0 aliphatic rings. The van der Waals surface area contributed by atoms with Crippen molar-refractivity contribution in [2.24, 2.45) is 11.5 Å². The average molecular weight is 534 g/mol. The number of benzene rings is 1. The number of aromatic nitrogens is 2. The molecule has 0 spiro atoms. The maximum Gasteiger partial charge on any atom is 0.326 e. The zero-order chi connectivity index (χ0) is 27.4. The molecule has 14 heteroatoms. The molecule has 2 rings (SSSR count). The lowest BCUT2D eigenvalue weighted by Gasteiger charge is -2.24. The van der Waals surface area contributed by atoms with Gasteiger partial charge in [0.15, 0.2) is 0 Å². The highest BCUT2D eigenvalue weighted by molar-refractivity contribution is 7.80. The third-order valence-electron chi connectivity index (χ3n) is 5.36. The number of hydrogen-bond acceptors (Lipinski definition) is 8. The SMILES string of the molecule is NC(=O)CCC(NC(=O)C(CS)NC(=O)C(Cc1cnc[nH]1)NC(=O)C(N)Cc1ccccc1)C(=O)O. The summed E-state index contributed by atoms with van der Waals surface area (Å²) in [5, 5.41) is 16.7. The first-order valence-corrected chi connectivity index (χ1v) is 12.0. The molecule has 37 heavy (non-hydrogen) atoms. The van der Waals surface area contributed by atoms with Crippen LogP contribution >= 0.6 is 12.6 Å². The van der Waals surface area contributed by atoms with Crippen LogP contribution in [0.5, 0.6) is 0 Å². The number of carbonyl (C=O) groups excluding carboxylic acids is 4. The van der Waals surface area contributed by atoms with Crippen molar-refractivity contribution in [2.45, 2.75) is 49.9 Å². The van der Waals surface area contributed by atoms with Gasteiger partial charge in [-0.1, -0.05) is 30.3 Å². The summed E-state index contributed by atoms with van der Waals surface area (Å²) in [7, 11) is 0. The van der Waals surface area contributed by atoms with E-state index in [-0.39, 0.29) is 31.4 Å². The fourth-order valence-electron chi connectivity index (χ4n) is 3.35. The van der Waals surface area contributed by atoms with Gasteiger partial charge >= 0.3 is 5.97 Å². The number of nitrogens with zero attached hydrogens (tertiary/aromatic N) is 1. The number of nitrogens with two attached hydrogens (primary N) is 2. The van der Waals surface area contributed by atoms with Crippen LogP contribution in [0.25, 0.3) is 0 Å². The lowest BCUT2D eigenvalue weighted by atomic mass is 10.0. The van der Waals surface area contributed by atoms with Crippen LogP contribution in [0.2, 0.25) is 0 Å². The van der Waals surface area contributed by atoms with E-state index in [1.54, 1.807) is 0 Å². The fraction of sp³-hybridized carbons (Fsp3) is 0.391. The van der Waals surface area contributed by atoms with Crippen LogP contribution in [0.3, 0.4) is 0 Å². The Hall–Kier alpha value is -3.91. The van der Waals surface area contributed by atoms with Gasteiger partial charge < -0.3 is 37.5 Å². The number of amides is 4. The number of carboxylic acid groups (broad SMARTS) is 1. The summed E-state index contributed by atoms with van der Waals surface area (Å²) < 4.78 is 0. The smallest absolute Gasteiger partial charge is 0.326 e. The van der Waals surface area contributed by atoms with Gasteiger partial charge in [-0.25, -0.2) is 9.78 Å². The van der Waals surface area contributed by atoms with E-state index in [0.29, 0.717) is 5.69 Å². The number of rotatable bonds is 15. The van der Waals surface area contributed by atoms with E-state index in [2.05, 4.69) is 38.5 Å². The lowest BCUT2D eigenvalue weighted by molar-refractivity contribution is -0.142. The molecule has 0 aliphatic carbocycles. The third-order valence-corrected chi connectivity index (χ3v) is 5.72. The summed E-state index contributed by atoms with van der Waals surface area (Å²) >= 11 is 4.08. The van der Waals surface area contributed by atoms with Crippen molar-refractivity contribution < 1.29 is 29.1 Å². The minimum atomic E-state index is -1.39. The van der Waals surface area contributed by atoms with E-state index in [4.69, 9.17) is 11.5 Å². The topological polar surface area (TPSA) is 222 Å². The highest BCUT2D eigenvalue weighted by Gasteiger charge is 2.30.